The van der Waals surface area contributed by atoms with Crippen LogP contribution in [0, 0.1) is 12.8 Å². The average molecular weight is 609 g/mol. The van der Waals surface area contributed by atoms with E-state index in [9.17, 15) is 9.59 Å². The lowest BCUT2D eigenvalue weighted by molar-refractivity contribution is -0.132. The SMILES string of the molecule is CCOc1c(Nc2cc(C)[nH]n2)nc(Sc2ccc(NC(=O)C3CCCC3)cc2)nc1N1CCN(C(=O)CCOC)CC1. The number of methoxy groups -OCH3 is 1. The Kier molecular flexibility index (Phi) is 10.4. The summed E-state index contributed by atoms with van der Waals surface area (Å²) in [6.07, 6.45) is 4.54. The number of piperazine rings is 1. The molecule has 0 bridgehead atoms. The fourth-order valence-corrected chi connectivity index (χ4v) is 6.06. The number of nitrogens with zero attached hydrogens (tertiary/aromatic N) is 5. The Morgan fingerprint density at radius 2 is 1.84 bits per heavy atom. The third-order valence-electron chi connectivity index (χ3n) is 7.58. The minimum Gasteiger partial charge on any atom is -0.487 e. The molecular weight excluding hydrogens is 568 g/mol. The van der Waals surface area contributed by atoms with Crippen LogP contribution in [-0.4, -0.2) is 83.4 Å². The van der Waals surface area contributed by atoms with Gasteiger partial charge in [-0.1, -0.05) is 12.8 Å². The Balaban J connectivity index is 1.37. The lowest BCUT2D eigenvalue weighted by Crippen LogP contribution is -2.49. The van der Waals surface area contributed by atoms with E-state index in [1.807, 2.05) is 49.1 Å². The van der Waals surface area contributed by atoms with Crippen molar-refractivity contribution in [3.8, 4) is 5.75 Å². The number of aromatic amines is 1. The zero-order valence-electron chi connectivity index (χ0n) is 25.0. The first kappa shape index (κ1) is 30.6. The number of rotatable bonds is 12. The molecule has 2 fully saturated rings. The Bertz CT molecular complexity index is 1390. The molecule has 1 saturated carbocycles. The smallest absolute Gasteiger partial charge is 0.227 e. The number of hydrogen-bond donors (Lipinski definition) is 3. The highest BCUT2D eigenvalue weighted by Crippen LogP contribution is 2.39. The molecule has 2 amide bonds. The van der Waals surface area contributed by atoms with Gasteiger partial charge in [-0.05, 0) is 62.7 Å². The first-order valence-electron chi connectivity index (χ1n) is 14.9. The Labute approximate surface area is 256 Å². The van der Waals surface area contributed by atoms with Gasteiger partial charge < -0.3 is 29.9 Å². The molecule has 1 saturated heterocycles. The number of benzene rings is 1. The van der Waals surface area contributed by atoms with E-state index in [0.29, 0.717) is 74.2 Å². The molecule has 2 aromatic heterocycles. The van der Waals surface area contributed by atoms with Crippen molar-refractivity contribution in [3.63, 3.8) is 0 Å². The largest absolute Gasteiger partial charge is 0.487 e. The van der Waals surface area contributed by atoms with E-state index in [2.05, 4.69) is 25.7 Å². The Morgan fingerprint density at radius 3 is 2.49 bits per heavy atom. The molecule has 12 nitrogen and oxygen atoms in total. The molecule has 230 valence electrons. The van der Waals surface area contributed by atoms with Gasteiger partial charge in [0.1, 0.15) is 0 Å². The van der Waals surface area contributed by atoms with Crippen molar-refractivity contribution < 1.29 is 19.1 Å². The normalized spacial score (nSPS) is 15.5. The van der Waals surface area contributed by atoms with Gasteiger partial charge in [0.25, 0.3) is 0 Å². The summed E-state index contributed by atoms with van der Waals surface area (Å²) >= 11 is 1.43. The van der Waals surface area contributed by atoms with Crippen LogP contribution >= 0.6 is 11.8 Å². The van der Waals surface area contributed by atoms with E-state index in [1.165, 1.54) is 11.8 Å². The Hall–Kier alpha value is -3.84. The second kappa shape index (κ2) is 14.6. The highest BCUT2D eigenvalue weighted by molar-refractivity contribution is 7.99. The first-order chi connectivity index (χ1) is 20.9. The predicted octanol–water partition coefficient (Wildman–Crippen LogP) is 4.62. The molecule has 0 atom stereocenters. The molecule has 5 rings (SSSR count). The van der Waals surface area contributed by atoms with Crippen molar-refractivity contribution in [2.24, 2.45) is 5.92 Å². The lowest BCUT2D eigenvalue weighted by Gasteiger charge is -2.36. The molecule has 2 aliphatic rings. The van der Waals surface area contributed by atoms with E-state index in [0.717, 1.165) is 42.0 Å². The number of aromatic nitrogens is 4. The maximum atomic E-state index is 12.6. The molecule has 0 spiro atoms. The number of H-pyrrole nitrogens is 1. The van der Waals surface area contributed by atoms with Crippen LogP contribution < -0.4 is 20.3 Å². The summed E-state index contributed by atoms with van der Waals surface area (Å²) in [6, 6.07) is 9.64. The van der Waals surface area contributed by atoms with Crippen LogP contribution in [0.4, 0.5) is 23.1 Å². The molecule has 43 heavy (non-hydrogen) atoms. The highest BCUT2D eigenvalue weighted by atomic mass is 32.2. The van der Waals surface area contributed by atoms with E-state index in [-0.39, 0.29) is 17.7 Å². The van der Waals surface area contributed by atoms with Gasteiger partial charge in [0.15, 0.2) is 22.6 Å². The van der Waals surface area contributed by atoms with E-state index in [4.69, 9.17) is 19.4 Å². The molecule has 3 heterocycles. The van der Waals surface area contributed by atoms with Crippen LogP contribution in [-0.2, 0) is 14.3 Å². The average Bonchev–Trinajstić information content (AvgIpc) is 3.70. The van der Waals surface area contributed by atoms with Crippen LogP contribution in [0.3, 0.4) is 0 Å². The van der Waals surface area contributed by atoms with E-state index in [1.54, 1.807) is 7.11 Å². The molecule has 0 unspecified atom stereocenters. The number of hydrogen-bond acceptors (Lipinski definition) is 10. The fourth-order valence-electron chi connectivity index (χ4n) is 5.30. The second-order valence-electron chi connectivity index (χ2n) is 10.7. The second-order valence-corrected chi connectivity index (χ2v) is 11.8. The maximum Gasteiger partial charge on any atom is 0.227 e. The van der Waals surface area contributed by atoms with Crippen LogP contribution in [0.1, 0.15) is 44.7 Å². The van der Waals surface area contributed by atoms with Gasteiger partial charge in [-0.2, -0.15) is 5.10 Å². The molecule has 3 N–H and O–H groups in total. The molecular formula is C30H40N8O4S. The third-order valence-corrected chi connectivity index (χ3v) is 8.45. The monoisotopic (exact) mass is 608 g/mol. The summed E-state index contributed by atoms with van der Waals surface area (Å²) in [4.78, 5) is 39.9. The van der Waals surface area contributed by atoms with Gasteiger partial charge in [-0.3, -0.25) is 14.7 Å². The minimum absolute atomic E-state index is 0.0876. The van der Waals surface area contributed by atoms with Crippen molar-refractivity contribution in [2.75, 3.05) is 62.0 Å². The summed E-state index contributed by atoms with van der Waals surface area (Å²) in [5, 5.41) is 14.2. The number of nitrogens with one attached hydrogen (secondary N) is 3. The standard InChI is InChI=1S/C30H40N8O4S/c1-4-42-26-27(32-24-19-20(2)35-36-24)33-30(34-28(26)38-16-14-37(15-17-38)25(39)13-18-41-3)43-23-11-9-22(10-12-23)31-29(40)21-7-5-6-8-21/h9-12,19,21H,4-8,13-18H2,1-3H3,(H,31,40)(H2,32,33,34,35,36). The molecule has 1 aliphatic carbocycles. The van der Waals surface area contributed by atoms with Gasteiger partial charge in [0, 0.05) is 61.5 Å². The molecule has 3 aromatic rings. The van der Waals surface area contributed by atoms with Gasteiger partial charge in [0.05, 0.1) is 19.6 Å². The van der Waals surface area contributed by atoms with Crippen molar-refractivity contribution in [3.05, 3.63) is 36.0 Å². The predicted molar refractivity (Wildman–Crippen MR) is 166 cm³/mol. The van der Waals surface area contributed by atoms with Crippen molar-refractivity contribution in [2.45, 2.75) is 56.0 Å². The van der Waals surface area contributed by atoms with Crippen molar-refractivity contribution >= 4 is 46.7 Å². The summed E-state index contributed by atoms with van der Waals surface area (Å²) < 4.78 is 11.2. The minimum atomic E-state index is 0.0876. The number of anilines is 4. The highest BCUT2D eigenvalue weighted by Gasteiger charge is 2.27. The van der Waals surface area contributed by atoms with Crippen LogP contribution in [0.2, 0.25) is 0 Å². The van der Waals surface area contributed by atoms with E-state index < -0.39 is 0 Å². The van der Waals surface area contributed by atoms with Crippen LogP contribution in [0.5, 0.6) is 5.75 Å². The van der Waals surface area contributed by atoms with Crippen LogP contribution in [0.25, 0.3) is 0 Å². The molecule has 1 aromatic carbocycles. The number of amides is 2. The summed E-state index contributed by atoms with van der Waals surface area (Å²) in [7, 11) is 1.60. The number of carbonyl (C=O) groups is 2. The zero-order valence-corrected chi connectivity index (χ0v) is 25.8. The van der Waals surface area contributed by atoms with Crippen molar-refractivity contribution in [1.82, 2.24) is 25.1 Å². The summed E-state index contributed by atoms with van der Waals surface area (Å²) in [5.41, 5.74) is 1.70. The number of carbonyl (C=O) groups excluding carboxylic acids is 2. The molecule has 1 aliphatic heterocycles. The summed E-state index contributed by atoms with van der Waals surface area (Å²) in [6.45, 7) is 7.07. The van der Waals surface area contributed by atoms with E-state index >= 15 is 0 Å². The topological polar surface area (TPSA) is 138 Å². The van der Waals surface area contributed by atoms with Crippen molar-refractivity contribution in [1.29, 1.82) is 0 Å². The lowest BCUT2D eigenvalue weighted by atomic mass is 10.1. The molecule has 13 heteroatoms. The maximum absolute atomic E-state index is 12.6. The third kappa shape index (κ3) is 7.96. The van der Waals surface area contributed by atoms with Gasteiger partial charge >= 0.3 is 0 Å². The van der Waals surface area contributed by atoms with Gasteiger partial charge in [0.2, 0.25) is 17.6 Å². The zero-order chi connectivity index (χ0) is 30.2. The number of aryl methyl sites for hydroxylation is 1. The quantitative estimate of drug-likeness (QED) is 0.250. The van der Waals surface area contributed by atoms with Gasteiger partial charge in [-0.25, -0.2) is 9.97 Å². The molecule has 0 radical (unpaired) electrons. The number of ether oxygens (including phenoxy) is 2. The Morgan fingerprint density at radius 1 is 1.09 bits per heavy atom. The fraction of sp³-hybridized carbons (Fsp3) is 0.500. The first-order valence-corrected chi connectivity index (χ1v) is 15.7. The van der Waals surface area contributed by atoms with Crippen LogP contribution in [0.15, 0.2) is 40.4 Å². The summed E-state index contributed by atoms with van der Waals surface area (Å²) in [5.74, 6) is 2.64. The van der Waals surface area contributed by atoms with Gasteiger partial charge in [-0.15, -0.1) is 0 Å².